The van der Waals surface area contributed by atoms with E-state index in [9.17, 15) is 19.8 Å². The first-order valence-electron chi connectivity index (χ1n) is 10.4. The minimum atomic E-state index is -1.53. The van der Waals surface area contributed by atoms with E-state index < -0.39 is 17.6 Å². The van der Waals surface area contributed by atoms with E-state index in [-0.39, 0.29) is 31.2 Å². The lowest BCUT2D eigenvalue weighted by Crippen LogP contribution is -2.52. The molecule has 1 unspecified atom stereocenters. The van der Waals surface area contributed by atoms with Crippen molar-refractivity contribution < 1.29 is 24.5 Å². The number of esters is 1. The first-order valence-corrected chi connectivity index (χ1v) is 10.4. The molecule has 2 aliphatic heterocycles. The second kappa shape index (κ2) is 8.67. The number of cyclic esters (lactones) is 1. The third-order valence-corrected chi connectivity index (χ3v) is 6.24. The number of nitrogens with one attached hydrogen (secondary N) is 1. The number of amides is 1. The van der Waals surface area contributed by atoms with Crippen LogP contribution >= 0.6 is 0 Å². The first kappa shape index (κ1) is 21.9. The number of carbonyl (C=O) groups excluding carboxylic acids is 2. The van der Waals surface area contributed by atoms with Gasteiger partial charge in [0.05, 0.1) is 17.2 Å². The van der Waals surface area contributed by atoms with Gasteiger partial charge in [-0.25, -0.2) is 9.78 Å². The van der Waals surface area contributed by atoms with E-state index in [0.717, 1.165) is 16.7 Å². The van der Waals surface area contributed by atoms with Crippen LogP contribution in [0.25, 0.3) is 0 Å². The van der Waals surface area contributed by atoms with Crippen LogP contribution < -0.4 is 5.32 Å². The molecule has 3 heterocycles. The standard InChI is InChI=1S/C23H24N4O5/c1-14-16(3-4-17-18(14)13-32-21(17)29)19(28)12-27-8-6-23(31,7-9-27)22(30)26-20-5-2-15(10-24)11-25-20/h2-5,11,19,28,31H,6-9,12-13H2,1H3,(H,25,26,30). The number of rotatable bonds is 5. The van der Waals surface area contributed by atoms with Gasteiger partial charge in [0.15, 0.2) is 0 Å². The number of likely N-dealkylation sites (tertiary alicyclic amines) is 1. The van der Waals surface area contributed by atoms with E-state index in [0.29, 0.717) is 30.8 Å². The third-order valence-electron chi connectivity index (χ3n) is 6.24. The maximum Gasteiger partial charge on any atom is 0.338 e. The number of nitrogens with zero attached hydrogens (tertiary/aromatic N) is 3. The Bertz CT molecular complexity index is 1080. The van der Waals surface area contributed by atoms with Crippen molar-refractivity contribution in [2.75, 3.05) is 25.0 Å². The average molecular weight is 436 g/mol. The summed E-state index contributed by atoms with van der Waals surface area (Å²) in [4.78, 5) is 30.3. The highest BCUT2D eigenvalue weighted by Gasteiger charge is 2.40. The van der Waals surface area contributed by atoms with Crippen LogP contribution in [0.4, 0.5) is 5.82 Å². The molecule has 2 aliphatic rings. The van der Waals surface area contributed by atoms with Crippen molar-refractivity contribution in [1.29, 1.82) is 5.26 Å². The van der Waals surface area contributed by atoms with Crippen molar-refractivity contribution in [2.24, 2.45) is 0 Å². The lowest BCUT2D eigenvalue weighted by Gasteiger charge is -2.37. The number of hydrogen-bond donors (Lipinski definition) is 3. The van der Waals surface area contributed by atoms with Gasteiger partial charge in [0.2, 0.25) is 0 Å². The maximum absolute atomic E-state index is 12.6. The molecule has 1 aromatic carbocycles. The monoisotopic (exact) mass is 436 g/mol. The molecule has 1 aromatic heterocycles. The molecule has 9 heteroatoms. The van der Waals surface area contributed by atoms with Crippen LogP contribution in [0, 0.1) is 18.3 Å². The van der Waals surface area contributed by atoms with E-state index in [1.807, 2.05) is 17.9 Å². The molecule has 0 saturated carbocycles. The molecule has 0 bridgehead atoms. The number of carbonyl (C=O) groups is 2. The number of fused-ring (bicyclic) bond motifs is 1. The molecule has 1 fully saturated rings. The summed E-state index contributed by atoms with van der Waals surface area (Å²) in [6.07, 6.45) is 1.02. The van der Waals surface area contributed by atoms with Gasteiger partial charge in [0.1, 0.15) is 24.1 Å². The van der Waals surface area contributed by atoms with Crippen molar-refractivity contribution in [3.05, 3.63) is 58.3 Å². The lowest BCUT2D eigenvalue weighted by molar-refractivity contribution is -0.139. The zero-order valence-electron chi connectivity index (χ0n) is 17.7. The Morgan fingerprint density at radius 2 is 2.09 bits per heavy atom. The number of aliphatic hydroxyl groups is 2. The molecule has 9 nitrogen and oxygen atoms in total. The Labute approximate surface area is 185 Å². The summed E-state index contributed by atoms with van der Waals surface area (Å²) in [7, 11) is 0. The number of piperidine rings is 1. The van der Waals surface area contributed by atoms with Gasteiger partial charge >= 0.3 is 5.97 Å². The number of aliphatic hydroxyl groups excluding tert-OH is 1. The predicted molar refractivity (Wildman–Crippen MR) is 113 cm³/mol. The number of benzene rings is 1. The first-order chi connectivity index (χ1) is 15.3. The Kier molecular flexibility index (Phi) is 5.93. The molecule has 2 aromatic rings. The predicted octanol–water partition coefficient (Wildman–Crippen LogP) is 1.43. The zero-order valence-corrected chi connectivity index (χ0v) is 17.7. The summed E-state index contributed by atoms with van der Waals surface area (Å²) < 4.78 is 5.07. The SMILES string of the molecule is Cc1c(C(O)CN2CCC(O)(C(=O)Nc3ccc(C#N)cn3)CC2)ccc2c1COC2=O. The minimum absolute atomic E-state index is 0.216. The largest absolute Gasteiger partial charge is 0.457 e. The van der Waals surface area contributed by atoms with Crippen LogP contribution in [-0.4, -0.2) is 57.2 Å². The van der Waals surface area contributed by atoms with Gasteiger partial charge in [-0.05, 0) is 49.1 Å². The van der Waals surface area contributed by atoms with Crippen molar-refractivity contribution in [1.82, 2.24) is 9.88 Å². The van der Waals surface area contributed by atoms with Gasteiger partial charge in [0.25, 0.3) is 5.91 Å². The third kappa shape index (κ3) is 4.21. The molecule has 32 heavy (non-hydrogen) atoms. The Morgan fingerprint density at radius 1 is 1.34 bits per heavy atom. The molecule has 0 spiro atoms. The Hall–Kier alpha value is -3.32. The van der Waals surface area contributed by atoms with E-state index in [1.54, 1.807) is 18.2 Å². The molecule has 1 atom stereocenters. The van der Waals surface area contributed by atoms with Crippen molar-refractivity contribution >= 4 is 17.7 Å². The number of pyridine rings is 1. The van der Waals surface area contributed by atoms with E-state index >= 15 is 0 Å². The average Bonchev–Trinajstić information content (AvgIpc) is 3.17. The van der Waals surface area contributed by atoms with E-state index in [4.69, 9.17) is 10.00 Å². The maximum atomic E-state index is 12.6. The summed E-state index contributed by atoms with van der Waals surface area (Å²) in [5.74, 6) is -0.599. The Balaban J connectivity index is 1.34. The topological polar surface area (TPSA) is 136 Å². The van der Waals surface area contributed by atoms with Crippen LogP contribution in [0.1, 0.15) is 51.6 Å². The van der Waals surface area contributed by atoms with Crippen LogP contribution in [0.5, 0.6) is 0 Å². The van der Waals surface area contributed by atoms with Gasteiger partial charge in [-0.15, -0.1) is 0 Å². The van der Waals surface area contributed by atoms with Crippen molar-refractivity contribution in [2.45, 2.75) is 38.1 Å². The van der Waals surface area contributed by atoms with Gasteiger partial charge < -0.3 is 25.2 Å². The van der Waals surface area contributed by atoms with Crippen LogP contribution in [0.3, 0.4) is 0 Å². The van der Waals surface area contributed by atoms with Crippen LogP contribution in [0.2, 0.25) is 0 Å². The normalized spacial score (nSPS) is 18.4. The summed E-state index contributed by atoms with van der Waals surface area (Å²) in [5, 5.41) is 33.0. The smallest absolute Gasteiger partial charge is 0.338 e. The highest BCUT2D eigenvalue weighted by molar-refractivity contribution is 5.96. The summed E-state index contributed by atoms with van der Waals surface area (Å²) in [6.45, 7) is 3.32. The molecule has 1 saturated heterocycles. The van der Waals surface area contributed by atoms with Gasteiger partial charge in [-0.2, -0.15) is 5.26 Å². The molecule has 3 N–H and O–H groups in total. The highest BCUT2D eigenvalue weighted by Crippen LogP contribution is 2.31. The molecule has 166 valence electrons. The quantitative estimate of drug-likeness (QED) is 0.599. The molecule has 0 radical (unpaired) electrons. The molecule has 4 rings (SSSR count). The second-order valence-electron chi connectivity index (χ2n) is 8.23. The fourth-order valence-electron chi connectivity index (χ4n) is 4.17. The van der Waals surface area contributed by atoms with Crippen molar-refractivity contribution in [3.63, 3.8) is 0 Å². The molecular formula is C23H24N4O5. The number of anilines is 1. The van der Waals surface area contributed by atoms with Crippen LogP contribution in [0.15, 0.2) is 30.5 Å². The number of hydrogen-bond acceptors (Lipinski definition) is 8. The summed E-state index contributed by atoms with van der Waals surface area (Å²) in [5.41, 5.74) is 1.80. The highest BCUT2D eigenvalue weighted by atomic mass is 16.5. The zero-order chi connectivity index (χ0) is 22.9. The molecular weight excluding hydrogens is 412 g/mol. The van der Waals surface area contributed by atoms with Crippen molar-refractivity contribution in [3.8, 4) is 6.07 Å². The number of nitriles is 1. The van der Waals surface area contributed by atoms with Gasteiger partial charge in [0, 0.05) is 31.4 Å². The fourth-order valence-corrected chi connectivity index (χ4v) is 4.17. The summed E-state index contributed by atoms with van der Waals surface area (Å²) >= 11 is 0. The molecule has 0 aliphatic carbocycles. The fraction of sp³-hybridized carbons (Fsp3) is 0.391. The minimum Gasteiger partial charge on any atom is -0.457 e. The lowest BCUT2D eigenvalue weighted by atomic mass is 9.89. The summed E-state index contributed by atoms with van der Waals surface area (Å²) in [6, 6.07) is 8.46. The van der Waals surface area contributed by atoms with E-state index in [2.05, 4.69) is 10.3 Å². The van der Waals surface area contributed by atoms with Crippen LogP contribution in [-0.2, 0) is 16.1 Å². The van der Waals surface area contributed by atoms with Gasteiger partial charge in [-0.1, -0.05) is 6.07 Å². The number of β-amino-alcohol motifs (C(OH)–C–C–N with tert-alkyl or cyclic N) is 1. The second-order valence-corrected chi connectivity index (χ2v) is 8.23. The van der Waals surface area contributed by atoms with E-state index in [1.165, 1.54) is 12.3 Å². The number of aromatic nitrogens is 1. The number of ether oxygens (including phenoxy) is 1. The Morgan fingerprint density at radius 3 is 2.75 bits per heavy atom. The molecule has 1 amide bonds. The van der Waals surface area contributed by atoms with Gasteiger partial charge in [-0.3, -0.25) is 4.79 Å².